The van der Waals surface area contributed by atoms with Gasteiger partial charge in [-0.3, -0.25) is 14.6 Å². The minimum absolute atomic E-state index is 0.152. The molecule has 9 heteroatoms. The SMILES string of the molecule is O=c1ccc(-n2cccn2)nn1CCN1CCN(Cc2cc(F)ccc2F)CC1. The van der Waals surface area contributed by atoms with Crippen LogP contribution in [0.1, 0.15) is 5.56 Å². The summed E-state index contributed by atoms with van der Waals surface area (Å²) >= 11 is 0. The molecule has 0 spiro atoms. The molecule has 152 valence electrons. The van der Waals surface area contributed by atoms with Gasteiger partial charge in [-0.05, 0) is 30.3 Å². The Hall–Kier alpha value is -2.91. The van der Waals surface area contributed by atoms with E-state index >= 15 is 0 Å². The lowest BCUT2D eigenvalue weighted by molar-refractivity contribution is 0.121. The van der Waals surface area contributed by atoms with E-state index in [1.807, 2.05) is 0 Å². The van der Waals surface area contributed by atoms with Gasteiger partial charge in [0.05, 0.1) is 6.54 Å². The normalized spacial score (nSPS) is 15.7. The third kappa shape index (κ3) is 4.75. The van der Waals surface area contributed by atoms with Crippen molar-refractivity contribution in [3.05, 3.63) is 76.3 Å². The standard InChI is InChI=1S/C20H22F2N6O/c21-17-2-3-18(22)16(14-17)15-26-10-8-25(9-11-26)12-13-28-20(29)5-4-19(24-28)27-7-1-6-23-27/h1-7,14H,8-13,15H2. The molecule has 0 radical (unpaired) electrons. The van der Waals surface area contributed by atoms with Gasteiger partial charge in [-0.25, -0.2) is 18.1 Å². The van der Waals surface area contributed by atoms with Crippen LogP contribution in [0.5, 0.6) is 0 Å². The van der Waals surface area contributed by atoms with Crippen molar-refractivity contribution in [3.63, 3.8) is 0 Å². The smallest absolute Gasteiger partial charge is 0.266 e. The zero-order chi connectivity index (χ0) is 20.2. The van der Waals surface area contributed by atoms with Crippen LogP contribution in [-0.4, -0.2) is 62.1 Å². The summed E-state index contributed by atoms with van der Waals surface area (Å²) in [6.07, 6.45) is 3.43. The number of hydrogen-bond donors (Lipinski definition) is 0. The fraction of sp³-hybridized carbons (Fsp3) is 0.350. The monoisotopic (exact) mass is 400 g/mol. The molecule has 1 aromatic carbocycles. The number of halogens is 2. The molecule has 0 atom stereocenters. The van der Waals surface area contributed by atoms with Crippen molar-refractivity contribution in [1.29, 1.82) is 0 Å². The van der Waals surface area contributed by atoms with Crippen molar-refractivity contribution in [2.24, 2.45) is 0 Å². The Kier molecular flexibility index (Phi) is 5.77. The molecule has 0 aliphatic carbocycles. The molecule has 1 aliphatic rings. The summed E-state index contributed by atoms with van der Waals surface area (Å²) in [5, 5.41) is 8.51. The predicted octanol–water partition coefficient (Wildman–Crippen LogP) is 1.53. The molecule has 0 unspecified atom stereocenters. The van der Waals surface area contributed by atoms with E-state index in [9.17, 15) is 13.6 Å². The molecule has 7 nitrogen and oxygen atoms in total. The minimum atomic E-state index is -0.421. The Morgan fingerprint density at radius 3 is 2.52 bits per heavy atom. The van der Waals surface area contributed by atoms with Crippen LogP contribution in [0.25, 0.3) is 5.82 Å². The van der Waals surface area contributed by atoms with Gasteiger partial charge in [0.2, 0.25) is 0 Å². The van der Waals surface area contributed by atoms with Crippen LogP contribution in [0.4, 0.5) is 8.78 Å². The van der Waals surface area contributed by atoms with E-state index in [1.54, 1.807) is 29.2 Å². The van der Waals surface area contributed by atoms with Gasteiger partial charge in [-0.2, -0.15) is 5.10 Å². The summed E-state index contributed by atoms with van der Waals surface area (Å²) in [6.45, 7) is 4.67. The molecule has 1 fully saturated rings. The molecule has 0 bridgehead atoms. The van der Waals surface area contributed by atoms with Crippen molar-refractivity contribution in [3.8, 4) is 5.82 Å². The fourth-order valence-corrected chi connectivity index (χ4v) is 3.44. The number of nitrogens with zero attached hydrogens (tertiary/aromatic N) is 6. The largest absolute Gasteiger partial charge is 0.299 e. The Labute approximate surface area is 166 Å². The third-order valence-electron chi connectivity index (χ3n) is 5.09. The summed E-state index contributed by atoms with van der Waals surface area (Å²) in [4.78, 5) is 16.5. The van der Waals surface area contributed by atoms with Gasteiger partial charge >= 0.3 is 0 Å². The van der Waals surface area contributed by atoms with E-state index in [1.165, 1.54) is 22.9 Å². The van der Waals surface area contributed by atoms with E-state index in [0.717, 1.165) is 32.2 Å². The minimum Gasteiger partial charge on any atom is -0.299 e. The lowest BCUT2D eigenvalue weighted by Crippen LogP contribution is -2.47. The average molecular weight is 400 g/mol. The second kappa shape index (κ2) is 8.62. The number of aromatic nitrogens is 4. The molecule has 3 aromatic rings. The van der Waals surface area contributed by atoms with E-state index in [-0.39, 0.29) is 11.4 Å². The summed E-state index contributed by atoms with van der Waals surface area (Å²) < 4.78 is 30.2. The molecular formula is C20H22F2N6O. The van der Waals surface area contributed by atoms with Crippen LogP contribution in [0.15, 0.2) is 53.6 Å². The van der Waals surface area contributed by atoms with Gasteiger partial charge in [-0.1, -0.05) is 0 Å². The van der Waals surface area contributed by atoms with Gasteiger partial charge < -0.3 is 0 Å². The van der Waals surface area contributed by atoms with Gasteiger partial charge in [0.15, 0.2) is 5.82 Å². The van der Waals surface area contributed by atoms with Crippen LogP contribution in [-0.2, 0) is 13.1 Å². The highest BCUT2D eigenvalue weighted by Gasteiger charge is 2.18. The molecule has 0 N–H and O–H groups in total. The van der Waals surface area contributed by atoms with Crippen LogP contribution < -0.4 is 5.56 Å². The first-order chi connectivity index (χ1) is 14.1. The van der Waals surface area contributed by atoms with Crippen LogP contribution in [0, 0.1) is 11.6 Å². The molecule has 0 amide bonds. The van der Waals surface area contributed by atoms with Gasteiger partial charge in [0.1, 0.15) is 11.6 Å². The highest BCUT2D eigenvalue weighted by molar-refractivity contribution is 5.19. The van der Waals surface area contributed by atoms with Gasteiger partial charge in [-0.15, -0.1) is 5.10 Å². The molecule has 3 heterocycles. The molecule has 29 heavy (non-hydrogen) atoms. The zero-order valence-electron chi connectivity index (χ0n) is 15.9. The Morgan fingerprint density at radius 2 is 1.76 bits per heavy atom. The van der Waals surface area contributed by atoms with Crippen molar-refractivity contribution >= 4 is 0 Å². The molecule has 1 aliphatic heterocycles. The van der Waals surface area contributed by atoms with E-state index in [0.29, 0.717) is 31.0 Å². The van der Waals surface area contributed by atoms with Crippen LogP contribution in [0.3, 0.4) is 0 Å². The van der Waals surface area contributed by atoms with E-state index < -0.39 is 5.82 Å². The molecule has 1 saturated heterocycles. The molecule has 4 rings (SSSR count). The van der Waals surface area contributed by atoms with Gasteiger partial charge in [0.25, 0.3) is 5.56 Å². The molecular weight excluding hydrogens is 378 g/mol. The first-order valence-electron chi connectivity index (χ1n) is 9.55. The summed E-state index contributed by atoms with van der Waals surface area (Å²) in [5.74, 6) is -0.205. The highest BCUT2D eigenvalue weighted by Crippen LogP contribution is 2.14. The fourth-order valence-electron chi connectivity index (χ4n) is 3.44. The molecule has 0 saturated carbocycles. The number of rotatable bonds is 6. The predicted molar refractivity (Wildman–Crippen MR) is 104 cm³/mol. The zero-order valence-corrected chi connectivity index (χ0v) is 15.9. The van der Waals surface area contributed by atoms with Crippen LogP contribution >= 0.6 is 0 Å². The Morgan fingerprint density at radius 1 is 0.966 bits per heavy atom. The number of benzene rings is 1. The van der Waals surface area contributed by atoms with E-state index in [2.05, 4.69) is 20.0 Å². The highest BCUT2D eigenvalue weighted by atomic mass is 19.1. The van der Waals surface area contributed by atoms with E-state index in [4.69, 9.17) is 0 Å². The van der Waals surface area contributed by atoms with Crippen molar-refractivity contribution < 1.29 is 8.78 Å². The third-order valence-corrected chi connectivity index (χ3v) is 5.09. The second-order valence-corrected chi connectivity index (χ2v) is 7.06. The Balaban J connectivity index is 1.31. The van der Waals surface area contributed by atoms with Crippen molar-refractivity contribution in [1.82, 2.24) is 29.4 Å². The molecule has 2 aromatic heterocycles. The maximum atomic E-state index is 13.8. The topological polar surface area (TPSA) is 59.2 Å². The lowest BCUT2D eigenvalue weighted by Gasteiger charge is -2.34. The lowest BCUT2D eigenvalue weighted by atomic mass is 10.1. The van der Waals surface area contributed by atoms with Gasteiger partial charge in [0, 0.05) is 63.3 Å². The maximum Gasteiger partial charge on any atom is 0.266 e. The average Bonchev–Trinajstić information content (AvgIpc) is 3.26. The first kappa shape index (κ1) is 19.4. The maximum absolute atomic E-state index is 13.8. The van der Waals surface area contributed by atoms with Crippen molar-refractivity contribution in [2.45, 2.75) is 13.1 Å². The Bertz CT molecular complexity index is 1010. The summed E-state index contributed by atoms with van der Waals surface area (Å²) in [6, 6.07) is 8.50. The summed E-state index contributed by atoms with van der Waals surface area (Å²) in [7, 11) is 0. The van der Waals surface area contributed by atoms with Crippen LogP contribution in [0.2, 0.25) is 0 Å². The number of hydrogen-bond acceptors (Lipinski definition) is 5. The second-order valence-electron chi connectivity index (χ2n) is 7.06. The first-order valence-corrected chi connectivity index (χ1v) is 9.55. The number of piperazine rings is 1. The van der Waals surface area contributed by atoms with Crippen molar-refractivity contribution in [2.75, 3.05) is 32.7 Å². The summed E-state index contributed by atoms with van der Waals surface area (Å²) in [5.41, 5.74) is 0.228. The quantitative estimate of drug-likeness (QED) is 0.628.